The topological polar surface area (TPSA) is 81.7 Å². The lowest BCUT2D eigenvalue weighted by Crippen LogP contribution is -2.22. The van der Waals surface area contributed by atoms with Gasteiger partial charge in [0.05, 0.1) is 24.4 Å². The van der Waals surface area contributed by atoms with Crippen LogP contribution in [0.25, 0.3) is 17.2 Å². The minimum Gasteiger partial charge on any atom is -0.496 e. The van der Waals surface area contributed by atoms with Crippen LogP contribution in [0.1, 0.15) is 27.3 Å². The van der Waals surface area contributed by atoms with Gasteiger partial charge in [-0.1, -0.05) is 12.1 Å². The number of alkyl halides is 3. The van der Waals surface area contributed by atoms with Gasteiger partial charge in [0.25, 0.3) is 5.91 Å². The van der Waals surface area contributed by atoms with E-state index in [1.807, 2.05) is 0 Å². The summed E-state index contributed by atoms with van der Waals surface area (Å²) in [5, 5.41) is 7.03. The van der Waals surface area contributed by atoms with Crippen molar-refractivity contribution in [3.63, 3.8) is 0 Å². The van der Waals surface area contributed by atoms with Crippen LogP contribution >= 0.6 is 0 Å². The van der Waals surface area contributed by atoms with Crippen LogP contribution in [-0.4, -0.2) is 27.6 Å². The van der Waals surface area contributed by atoms with Crippen LogP contribution in [0.2, 0.25) is 0 Å². The number of methoxy groups -OCH3 is 1. The Morgan fingerprint density at radius 3 is 2.58 bits per heavy atom. The molecular formula is C21H17F3N4O3. The molecule has 0 aliphatic heterocycles. The predicted octanol–water partition coefficient (Wildman–Crippen LogP) is 4.26. The van der Waals surface area contributed by atoms with Crippen LogP contribution in [0.15, 0.2) is 53.1 Å². The average Bonchev–Trinajstić information content (AvgIpc) is 3.33. The molecule has 0 spiro atoms. The molecule has 31 heavy (non-hydrogen) atoms. The summed E-state index contributed by atoms with van der Waals surface area (Å²) in [5.41, 5.74) is 1.17. The molecule has 0 fully saturated rings. The van der Waals surface area contributed by atoms with Gasteiger partial charge in [0.15, 0.2) is 0 Å². The zero-order valence-electron chi connectivity index (χ0n) is 16.5. The van der Waals surface area contributed by atoms with Crippen molar-refractivity contribution in [2.75, 3.05) is 7.11 Å². The lowest BCUT2D eigenvalue weighted by molar-refractivity contribution is -0.137. The lowest BCUT2D eigenvalue weighted by atomic mass is 10.1. The first kappa shape index (κ1) is 20.5. The van der Waals surface area contributed by atoms with Crippen molar-refractivity contribution in [1.29, 1.82) is 0 Å². The van der Waals surface area contributed by atoms with E-state index in [1.54, 1.807) is 35.8 Å². The van der Waals surface area contributed by atoms with Gasteiger partial charge in [-0.25, -0.2) is 4.98 Å². The van der Waals surface area contributed by atoms with E-state index in [2.05, 4.69) is 15.4 Å². The molecule has 2 heterocycles. The van der Waals surface area contributed by atoms with Gasteiger partial charge < -0.3 is 14.5 Å². The molecule has 10 heteroatoms. The van der Waals surface area contributed by atoms with Crippen LogP contribution < -0.4 is 10.1 Å². The molecule has 0 unspecified atom stereocenters. The summed E-state index contributed by atoms with van der Waals surface area (Å²) in [4.78, 5) is 16.6. The third-order valence-electron chi connectivity index (χ3n) is 4.70. The molecular weight excluding hydrogens is 413 g/mol. The first-order valence-corrected chi connectivity index (χ1v) is 9.20. The third kappa shape index (κ3) is 4.09. The second kappa shape index (κ2) is 7.78. The fourth-order valence-electron chi connectivity index (χ4n) is 3.03. The highest BCUT2D eigenvalue weighted by Gasteiger charge is 2.29. The van der Waals surface area contributed by atoms with E-state index in [0.29, 0.717) is 39.9 Å². The second-order valence-electron chi connectivity index (χ2n) is 6.76. The van der Waals surface area contributed by atoms with E-state index in [-0.39, 0.29) is 6.54 Å². The monoisotopic (exact) mass is 430 g/mol. The lowest BCUT2D eigenvalue weighted by Gasteiger charge is -2.10. The van der Waals surface area contributed by atoms with E-state index < -0.39 is 17.6 Å². The Morgan fingerprint density at radius 2 is 1.94 bits per heavy atom. The largest absolute Gasteiger partial charge is 0.496 e. The smallest absolute Gasteiger partial charge is 0.416 e. The molecule has 0 saturated carbocycles. The number of halogens is 3. The van der Waals surface area contributed by atoms with E-state index in [9.17, 15) is 18.0 Å². The number of ether oxygens (including phenoxy) is 1. The second-order valence-corrected chi connectivity index (χ2v) is 6.76. The van der Waals surface area contributed by atoms with Crippen LogP contribution in [0.3, 0.4) is 0 Å². The molecule has 0 aliphatic rings. The maximum Gasteiger partial charge on any atom is 0.416 e. The highest BCUT2D eigenvalue weighted by Crippen LogP contribution is 2.31. The van der Waals surface area contributed by atoms with Crippen LogP contribution in [0, 0.1) is 6.92 Å². The third-order valence-corrected chi connectivity index (χ3v) is 4.70. The number of aryl methyl sites for hydroxylation is 1. The van der Waals surface area contributed by atoms with Gasteiger partial charge in [-0.3, -0.25) is 4.79 Å². The van der Waals surface area contributed by atoms with Crippen molar-refractivity contribution in [3.8, 4) is 17.2 Å². The minimum absolute atomic E-state index is 0.0819. The van der Waals surface area contributed by atoms with Gasteiger partial charge in [0.2, 0.25) is 11.6 Å². The van der Waals surface area contributed by atoms with Gasteiger partial charge in [0.1, 0.15) is 11.6 Å². The zero-order valence-corrected chi connectivity index (χ0v) is 16.5. The molecule has 0 bridgehead atoms. The van der Waals surface area contributed by atoms with Crippen molar-refractivity contribution in [2.45, 2.75) is 19.6 Å². The minimum atomic E-state index is -4.40. The molecule has 0 radical (unpaired) electrons. The predicted molar refractivity (Wildman–Crippen MR) is 105 cm³/mol. The fraction of sp³-hybridized carbons (Fsp3) is 0.190. The molecule has 1 amide bonds. The number of hydrogen-bond donors (Lipinski definition) is 1. The summed E-state index contributed by atoms with van der Waals surface area (Å²) in [6.07, 6.45) is -2.84. The summed E-state index contributed by atoms with van der Waals surface area (Å²) in [5.74, 6) is 0.972. The number of carbonyl (C=O) groups excluding carboxylic acids is 1. The van der Waals surface area contributed by atoms with Gasteiger partial charge in [-0.15, -0.1) is 5.10 Å². The van der Waals surface area contributed by atoms with Crippen molar-refractivity contribution in [1.82, 2.24) is 19.9 Å². The summed E-state index contributed by atoms with van der Waals surface area (Å²) >= 11 is 0. The van der Waals surface area contributed by atoms with Gasteiger partial charge in [-0.2, -0.15) is 17.7 Å². The van der Waals surface area contributed by atoms with Crippen LogP contribution in [0.4, 0.5) is 13.2 Å². The van der Waals surface area contributed by atoms with Crippen molar-refractivity contribution < 1.29 is 27.1 Å². The first-order valence-electron chi connectivity index (χ1n) is 9.20. The van der Waals surface area contributed by atoms with Crippen molar-refractivity contribution >= 4 is 11.6 Å². The average molecular weight is 430 g/mol. The number of hydrogen-bond acceptors (Lipinski definition) is 5. The van der Waals surface area contributed by atoms with E-state index in [0.717, 1.165) is 12.1 Å². The fourth-order valence-corrected chi connectivity index (χ4v) is 3.03. The van der Waals surface area contributed by atoms with Gasteiger partial charge in [0, 0.05) is 12.1 Å². The summed E-state index contributed by atoms with van der Waals surface area (Å²) < 4.78 is 50.6. The van der Waals surface area contributed by atoms with Gasteiger partial charge >= 0.3 is 6.18 Å². The Morgan fingerprint density at radius 1 is 1.19 bits per heavy atom. The number of amides is 1. The SMILES string of the molecule is COc1cc(C(=O)NCc2ccc(C(F)(F)F)cc2)ccc1-c1nn2c(C)ncc2o1. The molecule has 4 rings (SSSR count). The zero-order chi connectivity index (χ0) is 22.2. The molecule has 0 saturated heterocycles. The molecule has 160 valence electrons. The molecule has 2 aromatic carbocycles. The molecule has 2 aromatic heterocycles. The molecule has 0 aliphatic carbocycles. The number of carbonyl (C=O) groups is 1. The number of fused-ring (bicyclic) bond motifs is 1. The molecule has 1 N–H and O–H groups in total. The highest BCUT2D eigenvalue weighted by atomic mass is 19.4. The number of nitrogens with one attached hydrogen (secondary N) is 1. The summed E-state index contributed by atoms with van der Waals surface area (Å²) in [6, 6.07) is 9.40. The number of benzene rings is 2. The van der Waals surface area contributed by atoms with E-state index >= 15 is 0 Å². The standard InChI is InChI=1S/C21H17F3N4O3/c1-12-25-11-18-28(12)27-20(31-18)16-8-5-14(9-17(16)30-2)19(29)26-10-13-3-6-15(7-4-13)21(22,23)24/h3-9,11H,10H2,1-2H3,(H,26,29). The summed E-state index contributed by atoms with van der Waals surface area (Å²) in [6.45, 7) is 1.87. The number of nitrogens with zero attached hydrogens (tertiary/aromatic N) is 3. The van der Waals surface area contributed by atoms with Crippen LogP contribution in [-0.2, 0) is 12.7 Å². The summed E-state index contributed by atoms with van der Waals surface area (Å²) in [7, 11) is 1.46. The number of imidazole rings is 1. The Hall–Kier alpha value is -3.82. The molecule has 0 atom stereocenters. The maximum atomic E-state index is 12.6. The quantitative estimate of drug-likeness (QED) is 0.512. The first-order chi connectivity index (χ1) is 14.8. The number of rotatable bonds is 5. The van der Waals surface area contributed by atoms with Crippen molar-refractivity contribution in [3.05, 3.63) is 71.2 Å². The Kier molecular flexibility index (Phi) is 5.14. The highest BCUT2D eigenvalue weighted by molar-refractivity contribution is 5.95. The Labute approximate surface area is 174 Å². The number of aromatic nitrogens is 3. The van der Waals surface area contributed by atoms with Gasteiger partial charge in [-0.05, 0) is 42.8 Å². The van der Waals surface area contributed by atoms with Crippen molar-refractivity contribution in [2.24, 2.45) is 0 Å². The van der Waals surface area contributed by atoms with E-state index in [4.69, 9.17) is 9.15 Å². The Bertz CT molecular complexity index is 1240. The maximum absolute atomic E-state index is 12.6. The molecule has 4 aromatic rings. The molecule has 7 nitrogen and oxygen atoms in total. The normalized spacial score (nSPS) is 11.6. The Balaban J connectivity index is 1.49. The van der Waals surface area contributed by atoms with Crippen LogP contribution in [0.5, 0.6) is 5.75 Å². The van der Waals surface area contributed by atoms with E-state index in [1.165, 1.54) is 19.2 Å².